The number of hydrogen-bond acceptors (Lipinski definition) is 1. The molecule has 0 aliphatic carbocycles. The predicted molar refractivity (Wildman–Crippen MR) is 60.4 cm³/mol. The Hall–Kier alpha value is -1.41. The summed E-state index contributed by atoms with van der Waals surface area (Å²) in [7, 11) is 0. The molecule has 0 radical (unpaired) electrons. The molecule has 0 atom stereocenters. The number of H-pyrrole nitrogens is 1. The van der Waals surface area contributed by atoms with E-state index in [1.807, 2.05) is 37.3 Å². The van der Waals surface area contributed by atoms with Crippen LogP contribution < -0.4 is 5.73 Å². The summed E-state index contributed by atoms with van der Waals surface area (Å²) in [6.07, 6.45) is 0. The van der Waals surface area contributed by atoms with E-state index in [1.165, 1.54) is 0 Å². The molecule has 0 aliphatic heterocycles. The lowest BCUT2D eigenvalue weighted by Gasteiger charge is -1.97. The largest absolute Gasteiger partial charge is 0.397 e. The molecule has 0 bridgehead atoms. The Labute approximate surface area is 87.7 Å². The zero-order valence-corrected chi connectivity index (χ0v) is 8.60. The van der Waals surface area contributed by atoms with Crippen LogP contribution in [0.3, 0.4) is 0 Å². The number of aromatic amines is 1. The average Bonchev–Trinajstić information content (AvgIpc) is 2.47. The molecule has 0 aliphatic rings. The number of anilines is 1. The summed E-state index contributed by atoms with van der Waals surface area (Å²) in [5.41, 5.74) is 9.57. The Morgan fingerprint density at radius 3 is 2.64 bits per heavy atom. The van der Waals surface area contributed by atoms with Crippen molar-refractivity contribution in [2.45, 2.75) is 6.92 Å². The van der Waals surface area contributed by atoms with Crippen molar-refractivity contribution in [1.82, 2.24) is 4.98 Å². The van der Waals surface area contributed by atoms with Gasteiger partial charge in [-0.25, -0.2) is 0 Å². The molecule has 1 aromatic heterocycles. The van der Waals surface area contributed by atoms with E-state index in [2.05, 4.69) is 4.98 Å². The van der Waals surface area contributed by atoms with Gasteiger partial charge >= 0.3 is 0 Å². The van der Waals surface area contributed by atoms with E-state index in [0.717, 1.165) is 27.7 Å². The lowest BCUT2D eigenvalue weighted by Crippen LogP contribution is -1.82. The molecule has 1 heterocycles. The van der Waals surface area contributed by atoms with Crippen LogP contribution in [-0.2, 0) is 0 Å². The minimum atomic E-state index is 0.730. The summed E-state index contributed by atoms with van der Waals surface area (Å²) in [6.45, 7) is 1.95. The van der Waals surface area contributed by atoms with Crippen molar-refractivity contribution in [3.05, 3.63) is 41.0 Å². The topological polar surface area (TPSA) is 41.8 Å². The Kier molecular flexibility index (Phi) is 2.22. The van der Waals surface area contributed by atoms with Gasteiger partial charge in [-0.3, -0.25) is 0 Å². The number of benzene rings is 1. The summed E-state index contributed by atoms with van der Waals surface area (Å²) in [6, 6.07) is 9.60. The number of hydrogen-bond donors (Lipinski definition) is 2. The minimum absolute atomic E-state index is 0.730. The molecule has 2 aromatic rings. The second-order valence-electron chi connectivity index (χ2n) is 3.27. The summed E-state index contributed by atoms with van der Waals surface area (Å²) in [4.78, 5) is 3.20. The first-order valence-corrected chi connectivity index (χ1v) is 4.75. The van der Waals surface area contributed by atoms with E-state index in [-0.39, 0.29) is 0 Å². The quantitative estimate of drug-likeness (QED) is 0.739. The number of rotatable bonds is 1. The first-order chi connectivity index (χ1) is 6.66. The second kappa shape index (κ2) is 3.39. The van der Waals surface area contributed by atoms with Gasteiger partial charge in [0.1, 0.15) is 0 Å². The molecular weight excluding hydrogens is 196 g/mol. The molecule has 0 fully saturated rings. The van der Waals surface area contributed by atoms with Crippen molar-refractivity contribution in [3.8, 4) is 11.3 Å². The fourth-order valence-electron chi connectivity index (χ4n) is 1.39. The summed E-state index contributed by atoms with van der Waals surface area (Å²) in [5, 5.41) is 0.730. The smallest absolute Gasteiger partial charge is 0.0528 e. The maximum atomic E-state index is 5.90. The Morgan fingerprint density at radius 2 is 2.07 bits per heavy atom. The van der Waals surface area contributed by atoms with Crippen molar-refractivity contribution >= 4 is 17.3 Å². The van der Waals surface area contributed by atoms with E-state index >= 15 is 0 Å². The van der Waals surface area contributed by atoms with E-state index in [0.29, 0.717) is 0 Å². The zero-order chi connectivity index (χ0) is 10.1. The lowest BCUT2D eigenvalue weighted by atomic mass is 10.1. The monoisotopic (exact) mass is 206 g/mol. The van der Waals surface area contributed by atoms with Crippen molar-refractivity contribution in [2.24, 2.45) is 0 Å². The molecule has 0 saturated heterocycles. The molecule has 0 unspecified atom stereocenters. The number of aryl methyl sites for hydroxylation is 1. The summed E-state index contributed by atoms with van der Waals surface area (Å²) >= 11 is 5.90. The van der Waals surface area contributed by atoms with Crippen LogP contribution in [0.5, 0.6) is 0 Å². The SMILES string of the molecule is Cc1[nH]c(-c2cccc(Cl)c2)cc1N. The Morgan fingerprint density at radius 1 is 1.29 bits per heavy atom. The lowest BCUT2D eigenvalue weighted by molar-refractivity contribution is 1.27. The molecule has 0 spiro atoms. The van der Waals surface area contributed by atoms with E-state index in [1.54, 1.807) is 0 Å². The van der Waals surface area contributed by atoms with Gasteiger partial charge in [0.15, 0.2) is 0 Å². The first-order valence-electron chi connectivity index (χ1n) is 4.38. The molecule has 0 saturated carbocycles. The number of halogens is 1. The minimum Gasteiger partial charge on any atom is -0.397 e. The standard InChI is InChI=1S/C11H11ClN2/c1-7-10(13)6-11(14-7)8-3-2-4-9(12)5-8/h2-6,14H,13H2,1H3. The van der Waals surface area contributed by atoms with Crippen LogP contribution >= 0.6 is 11.6 Å². The fourth-order valence-corrected chi connectivity index (χ4v) is 1.58. The Bertz CT molecular complexity index is 441. The predicted octanol–water partition coefficient (Wildman–Crippen LogP) is 3.23. The number of nitrogen functional groups attached to an aromatic ring is 1. The highest BCUT2D eigenvalue weighted by atomic mass is 35.5. The van der Waals surface area contributed by atoms with Gasteiger partial charge in [0.05, 0.1) is 5.69 Å². The normalized spacial score (nSPS) is 10.4. The molecule has 3 heteroatoms. The third kappa shape index (κ3) is 1.61. The number of nitrogens with one attached hydrogen (secondary N) is 1. The maximum absolute atomic E-state index is 5.90. The van der Waals surface area contributed by atoms with Crippen LogP contribution in [0.25, 0.3) is 11.3 Å². The molecule has 2 nitrogen and oxygen atoms in total. The van der Waals surface area contributed by atoms with Gasteiger partial charge in [-0.15, -0.1) is 0 Å². The van der Waals surface area contributed by atoms with Gasteiger partial charge in [0, 0.05) is 16.4 Å². The molecule has 14 heavy (non-hydrogen) atoms. The van der Waals surface area contributed by atoms with E-state index in [4.69, 9.17) is 17.3 Å². The highest BCUT2D eigenvalue weighted by molar-refractivity contribution is 6.30. The third-order valence-corrected chi connectivity index (χ3v) is 2.43. The van der Waals surface area contributed by atoms with Crippen molar-refractivity contribution in [3.63, 3.8) is 0 Å². The van der Waals surface area contributed by atoms with Gasteiger partial charge < -0.3 is 10.7 Å². The van der Waals surface area contributed by atoms with Crippen LogP contribution in [-0.4, -0.2) is 4.98 Å². The number of nitrogens with two attached hydrogens (primary N) is 1. The highest BCUT2D eigenvalue weighted by Crippen LogP contribution is 2.24. The van der Waals surface area contributed by atoms with Crippen molar-refractivity contribution < 1.29 is 0 Å². The van der Waals surface area contributed by atoms with Crippen molar-refractivity contribution in [2.75, 3.05) is 5.73 Å². The average molecular weight is 207 g/mol. The summed E-state index contributed by atoms with van der Waals surface area (Å²) < 4.78 is 0. The summed E-state index contributed by atoms with van der Waals surface area (Å²) in [5.74, 6) is 0. The maximum Gasteiger partial charge on any atom is 0.0528 e. The molecule has 1 aromatic carbocycles. The highest BCUT2D eigenvalue weighted by Gasteiger charge is 2.03. The van der Waals surface area contributed by atoms with Crippen LogP contribution in [0.2, 0.25) is 5.02 Å². The Balaban J connectivity index is 2.49. The van der Waals surface area contributed by atoms with E-state index < -0.39 is 0 Å². The third-order valence-electron chi connectivity index (χ3n) is 2.19. The van der Waals surface area contributed by atoms with Crippen LogP contribution in [0.15, 0.2) is 30.3 Å². The molecule has 0 amide bonds. The fraction of sp³-hybridized carbons (Fsp3) is 0.0909. The van der Waals surface area contributed by atoms with Crippen LogP contribution in [0.1, 0.15) is 5.69 Å². The second-order valence-corrected chi connectivity index (χ2v) is 3.71. The molecule has 2 rings (SSSR count). The van der Waals surface area contributed by atoms with Crippen LogP contribution in [0, 0.1) is 6.92 Å². The molecule has 72 valence electrons. The number of aromatic nitrogens is 1. The van der Waals surface area contributed by atoms with Gasteiger partial charge in [0.25, 0.3) is 0 Å². The van der Waals surface area contributed by atoms with Gasteiger partial charge in [-0.1, -0.05) is 23.7 Å². The van der Waals surface area contributed by atoms with Crippen LogP contribution in [0.4, 0.5) is 5.69 Å². The van der Waals surface area contributed by atoms with Crippen molar-refractivity contribution in [1.29, 1.82) is 0 Å². The van der Waals surface area contributed by atoms with Gasteiger partial charge in [-0.05, 0) is 30.7 Å². The van der Waals surface area contributed by atoms with Gasteiger partial charge in [-0.2, -0.15) is 0 Å². The zero-order valence-electron chi connectivity index (χ0n) is 7.84. The van der Waals surface area contributed by atoms with E-state index in [9.17, 15) is 0 Å². The first kappa shape index (κ1) is 9.16. The van der Waals surface area contributed by atoms with Gasteiger partial charge in [0.2, 0.25) is 0 Å². The molecular formula is C11H11ClN2. The molecule has 3 N–H and O–H groups in total.